The van der Waals surface area contributed by atoms with Crippen molar-refractivity contribution in [1.29, 1.82) is 0 Å². The highest BCUT2D eigenvalue weighted by atomic mass is 16.8. The molecule has 1 saturated carbocycles. The average molecular weight is 216 g/mol. The fourth-order valence-electron chi connectivity index (χ4n) is 2.57. The Morgan fingerprint density at radius 1 is 1.27 bits per heavy atom. The smallest absolute Gasteiger partial charge is 0.187 e. The van der Waals surface area contributed by atoms with Crippen LogP contribution in [-0.4, -0.2) is 48.2 Å². The average Bonchev–Trinajstić information content (AvgIpc) is 2.53. The van der Waals surface area contributed by atoms with Gasteiger partial charge in [-0.25, -0.2) is 0 Å². The minimum atomic E-state index is -0.620. The first-order valence-corrected chi connectivity index (χ1v) is 5.23. The first-order chi connectivity index (χ1) is 6.98. The second-order valence-corrected chi connectivity index (χ2v) is 4.92. The summed E-state index contributed by atoms with van der Waals surface area (Å²) in [5.74, 6) is -0.620. The van der Waals surface area contributed by atoms with E-state index in [9.17, 15) is 5.11 Å². The van der Waals surface area contributed by atoms with Gasteiger partial charge in [0.15, 0.2) is 12.1 Å². The summed E-state index contributed by atoms with van der Waals surface area (Å²) in [5, 5.41) is 9.63. The summed E-state index contributed by atoms with van der Waals surface area (Å²) in [7, 11) is 1.57. The van der Waals surface area contributed by atoms with E-state index in [0.29, 0.717) is 6.42 Å². The van der Waals surface area contributed by atoms with E-state index in [1.165, 1.54) is 0 Å². The van der Waals surface area contributed by atoms with Gasteiger partial charge in [0.2, 0.25) is 0 Å². The van der Waals surface area contributed by atoms with Gasteiger partial charge in [-0.2, -0.15) is 0 Å². The Kier molecular flexibility index (Phi) is 1.81. The van der Waals surface area contributed by atoms with Gasteiger partial charge in [0.05, 0.1) is 6.10 Å². The zero-order valence-corrected chi connectivity index (χ0v) is 9.10. The van der Waals surface area contributed by atoms with Crippen LogP contribution in [0.1, 0.15) is 20.3 Å². The van der Waals surface area contributed by atoms with Crippen LogP contribution in [0.4, 0.5) is 0 Å². The van der Waals surface area contributed by atoms with Crippen molar-refractivity contribution in [3.05, 3.63) is 0 Å². The summed E-state index contributed by atoms with van der Waals surface area (Å²) < 4.78 is 22.3. The third-order valence-corrected chi connectivity index (χ3v) is 3.36. The Balaban J connectivity index is 1.88. The predicted octanol–water partition coefficient (Wildman–Crippen LogP) is 0.0126. The van der Waals surface area contributed by atoms with E-state index in [-0.39, 0.29) is 12.2 Å². The third-order valence-electron chi connectivity index (χ3n) is 3.36. The Hall–Kier alpha value is -0.200. The molecule has 2 aliphatic heterocycles. The van der Waals surface area contributed by atoms with E-state index in [1.807, 2.05) is 13.8 Å². The van der Waals surface area contributed by atoms with E-state index < -0.39 is 23.8 Å². The highest BCUT2D eigenvalue weighted by molar-refractivity contribution is 5.19. The van der Waals surface area contributed by atoms with Gasteiger partial charge in [0.1, 0.15) is 17.8 Å². The molecule has 5 heteroatoms. The molecule has 0 bridgehead atoms. The quantitative estimate of drug-likeness (QED) is 0.669. The topological polar surface area (TPSA) is 57.2 Å². The molecule has 5 atom stereocenters. The number of ether oxygens (including phenoxy) is 4. The highest BCUT2D eigenvalue weighted by Crippen LogP contribution is 2.56. The summed E-state index contributed by atoms with van der Waals surface area (Å²) in [6.45, 7) is 3.72. The number of rotatable bonds is 1. The predicted molar refractivity (Wildman–Crippen MR) is 49.1 cm³/mol. The van der Waals surface area contributed by atoms with Crippen molar-refractivity contribution in [2.75, 3.05) is 7.11 Å². The summed E-state index contributed by atoms with van der Waals surface area (Å²) in [6.07, 6.45) is -0.737. The maximum Gasteiger partial charge on any atom is 0.187 e. The van der Waals surface area contributed by atoms with Crippen molar-refractivity contribution in [2.45, 2.75) is 56.3 Å². The molecule has 3 fully saturated rings. The highest BCUT2D eigenvalue weighted by Gasteiger charge is 2.73. The number of aliphatic hydroxyl groups is 1. The fraction of sp³-hybridized carbons (Fsp3) is 1.00. The minimum absolute atomic E-state index is 0.215. The number of aliphatic hydroxyl groups excluding tert-OH is 1. The van der Waals surface area contributed by atoms with Crippen LogP contribution in [0.25, 0.3) is 0 Å². The van der Waals surface area contributed by atoms with Gasteiger partial charge < -0.3 is 24.1 Å². The first kappa shape index (κ1) is 9.99. The summed E-state index contributed by atoms with van der Waals surface area (Å²) in [4.78, 5) is 0. The molecule has 1 spiro atoms. The standard InChI is InChI=1S/C10H16O5/c1-9(2)13-6-7(14-9)10(4-5(10)11)15-8(6)12-3/h5-8,11H,4H2,1-3H3/t5-,6-,7?,8+,10+/m0/s1. The summed E-state index contributed by atoms with van der Waals surface area (Å²) in [5.41, 5.74) is -0.584. The van der Waals surface area contributed by atoms with Gasteiger partial charge in [-0.15, -0.1) is 0 Å². The first-order valence-electron chi connectivity index (χ1n) is 5.23. The van der Waals surface area contributed by atoms with E-state index in [4.69, 9.17) is 18.9 Å². The van der Waals surface area contributed by atoms with E-state index in [1.54, 1.807) is 7.11 Å². The Bertz CT molecular complexity index is 292. The van der Waals surface area contributed by atoms with Crippen molar-refractivity contribution in [2.24, 2.45) is 0 Å². The fourth-order valence-corrected chi connectivity index (χ4v) is 2.57. The lowest BCUT2D eigenvalue weighted by molar-refractivity contribution is -0.236. The number of methoxy groups -OCH3 is 1. The van der Waals surface area contributed by atoms with Crippen LogP contribution in [0.2, 0.25) is 0 Å². The molecule has 0 amide bonds. The van der Waals surface area contributed by atoms with E-state index >= 15 is 0 Å². The molecule has 1 N–H and O–H groups in total. The SMILES string of the molecule is CO[C@@H]1O[C@@]2(C[C@@H]2O)C2OC(C)(C)O[C@@H]21. The van der Waals surface area contributed by atoms with Gasteiger partial charge in [0, 0.05) is 13.5 Å². The molecule has 86 valence electrons. The zero-order valence-electron chi connectivity index (χ0n) is 9.10. The van der Waals surface area contributed by atoms with Crippen LogP contribution < -0.4 is 0 Å². The van der Waals surface area contributed by atoms with Gasteiger partial charge in [0.25, 0.3) is 0 Å². The molecular weight excluding hydrogens is 200 g/mol. The van der Waals surface area contributed by atoms with Gasteiger partial charge in [-0.3, -0.25) is 0 Å². The van der Waals surface area contributed by atoms with Crippen LogP contribution in [0.5, 0.6) is 0 Å². The maximum absolute atomic E-state index is 9.63. The molecule has 1 aliphatic carbocycles. The lowest BCUT2D eigenvalue weighted by Crippen LogP contribution is -2.34. The molecule has 3 rings (SSSR count). The normalized spacial score (nSPS) is 56.0. The monoisotopic (exact) mass is 216 g/mol. The van der Waals surface area contributed by atoms with Crippen LogP contribution in [-0.2, 0) is 18.9 Å². The summed E-state index contributed by atoms with van der Waals surface area (Å²) in [6, 6.07) is 0. The van der Waals surface area contributed by atoms with Crippen molar-refractivity contribution in [1.82, 2.24) is 0 Å². The van der Waals surface area contributed by atoms with E-state index in [0.717, 1.165) is 0 Å². The molecule has 2 saturated heterocycles. The van der Waals surface area contributed by atoms with Crippen LogP contribution >= 0.6 is 0 Å². The molecule has 0 aromatic rings. The minimum Gasteiger partial charge on any atom is -0.390 e. The van der Waals surface area contributed by atoms with Gasteiger partial charge in [-0.05, 0) is 13.8 Å². The molecule has 2 heterocycles. The number of fused-ring (bicyclic) bond motifs is 2. The largest absolute Gasteiger partial charge is 0.390 e. The molecule has 3 aliphatic rings. The Morgan fingerprint density at radius 2 is 1.93 bits per heavy atom. The van der Waals surface area contributed by atoms with Crippen LogP contribution in [0, 0.1) is 0 Å². The van der Waals surface area contributed by atoms with Crippen LogP contribution in [0.15, 0.2) is 0 Å². The van der Waals surface area contributed by atoms with Gasteiger partial charge in [-0.1, -0.05) is 0 Å². The zero-order chi connectivity index (χ0) is 10.8. The Labute approximate surface area is 88.3 Å². The molecule has 5 nitrogen and oxygen atoms in total. The number of hydrogen-bond donors (Lipinski definition) is 1. The van der Waals surface area contributed by atoms with Gasteiger partial charge >= 0.3 is 0 Å². The second-order valence-electron chi connectivity index (χ2n) is 4.92. The molecular formula is C10H16O5. The third kappa shape index (κ3) is 1.21. The number of hydrogen-bond acceptors (Lipinski definition) is 5. The molecule has 0 aromatic heterocycles. The molecule has 0 radical (unpaired) electrons. The lowest BCUT2D eigenvalue weighted by Gasteiger charge is -2.23. The molecule has 0 aromatic carbocycles. The second kappa shape index (κ2) is 2.73. The molecule has 15 heavy (non-hydrogen) atoms. The van der Waals surface area contributed by atoms with Crippen molar-refractivity contribution in [3.63, 3.8) is 0 Å². The Morgan fingerprint density at radius 3 is 2.47 bits per heavy atom. The van der Waals surface area contributed by atoms with Crippen LogP contribution in [0.3, 0.4) is 0 Å². The van der Waals surface area contributed by atoms with Crippen molar-refractivity contribution in [3.8, 4) is 0 Å². The summed E-state index contributed by atoms with van der Waals surface area (Å²) >= 11 is 0. The van der Waals surface area contributed by atoms with Crippen molar-refractivity contribution < 1.29 is 24.1 Å². The lowest BCUT2D eigenvalue weighted by atomic mass is 10.1. The van der Waals surface area contributed by atoms with E-state index in [2.05, 4.69) is 0 Å². The maximum atomic E-state index is 9.63. The molecule has 1 unspecified atom stereocenters. The van der Waals surface area contributed by atoms with Crippen molar-refractivity contribution >= 4 is 0 Å².